The lowest BCUT2D eigenvalue weighted by Crippen LogP contribution is -2.43. The van der Waals surface area contributed by atoms with Crippen LogP contribution in [0.3, 0.4) is 0 Å². The van der Waals surface area contributed by atoms with Crippen LogP contribution in [0.5, 0.6) is 5.75 Å². The molecule has 0 saturated heterocycles. The molecule has 3 nitrogen and oxygen atoms in total. The number of ether oxygens (including phenoxy) is 1. The van der Waals surface area contributed by atoms with E-state index < -0.39 is 5.54 Å². The van der Waals surface area contributed by atoms with Crippen LogP contribution in [0.1, 0.15) is 78.2 Å². The topological polar surface area (TPSA) is 55.5 Å². The van der Waals surface area contributed by atoms with Gasteiger partial charge in [0.05, 0.1) is 13.2 Å². The zero-order chi connectivity index (χ0) is 19.4. The number of benzene rings is 1. The standard InChI is InChI=1S/C23H41NO2/c1-5-15-23(24,18-25)16-13-21-9-11-22(12-10-21)26-17-14-20(4)8-6-7-19(2)3/h9-12,19-20,25H,5-8,13-18,24H2,1-4H3/t20?,23-/m0/s1. The second-order valence-electron chi connectivity index (χ2n) is 8.48. The van der Waals surface area contributed by atoms with Gasteiger partial charge >= 0.3 is 0 Å². The molecule has 0 spiro atoms. The SMILES string of the molecule is CCC[C@@](N)(CO)CCc1ccc(OCCC(C)CCCC(C)C)cc1. The van der Waals surface area contributed by atoms with Gasteiger partial charge in [0.25, 0.3) is 0 Å². The summed E-state index contributed by atoms with van der Waals surface area (Å²) in [4.78, 5) is 0. The summed E-state index contributed by atoms with van der Waals surface area (Å²) in [7, 11) is 0. The number of aryl methyl sites for hydroxylation is 1. The number of aliphatic hydroxyl groups excluding tert-OH is 1. The van der Waals surface area contributed by atoms with E-state index in [1.54, 1.807) is 0 Å². The number of rotatable bonds is 14. The predicted octanol–water partition coefficient (Wildman–Crippen LogP) is 5.34. The first kappa shape index (κ1) is 23.0. The molecule has 26 heavy (non-hydrogen) atoms. The summed E-state index contributed by atoms with van der Waals surface area (Å²) in [6.45, 7) is 9.85. The van der Waals surface area contributed by atoms with Gasteiger partial charge in [-0.25, -0.2) is 0 Å². The average molecular weight is 364 g/mol. The molecule has 0 aliphatic rings. The Morgan fingerprint density at radius 2 is 1.73 bits per heavy atom. The molecule has 0 saturated carbocycles. The Morgan fingerprint density at radius 3 is 2.31 bits per heavy atom. The molecular formula is C23H41NO2. The zero-order valence-corrected chi connectivity index (χ0v) is 17.5. The van der Waals surface area contributed by atoms with E-state index in [0.29, 0.717) is 0 Å². The fourth-order valence-corrected chi connectivity index (χ4v) is 3.32. The van der Waals surface area contributed by atoms with Gasteiger partial charge in [0.2, 0.25) is 0 Å². The van der Waals surface area contributed by atoms with Crippen molar-refractivity contribution in [1.82, 2.24) is 0 Å². The average Bonchev–Trinajstić information content (AvgIpc) is 2.61. The van der Waals surface area contributed by atoms with Crippen molar-refractivity contribution in [2.75, 3.05) is 13.2 Å². The summed E-state index contributed by atoms with van der Waals surface area (Å²) in [6, 6.07) is 8.34. The van der Waals surface area contributed by atoms with Gasteiger partial charge in [0, 0.05) is 5.54 Å². The lowest BCUT2D eigenvalue weighted by atomic mass is 9.89. The predicted molar refractivity (Wildman–Crippen MR) is 112 cm³/mol. The van der Waals surface area contributed by atoms with E-state index in [0.717, 1.165) is 56.3 Å². The molecule has 0 amide bonds. The maximum absolute atomic E-state index is 9.52. The van der Waals surface area contributed by atoms with Crippen LogP contribution in [-0.2, 0) is 6.42 Å². The Morgan fingerprint density at radius 1 is 1.04 bits per heavy atom. The third kappa shape index (κ3) is 9.59. The highest BCUT2D eigenvalue weighted by atomic mass is 16.5. The molecule has 1 unspecified atom stereocenters. The van der Waals surface area contributed by atoms with Crippen molar-refractivity contribution in [2.45, 2.75) is 84.6 Å². The molecule has 1 aromatic carbocycles. The van der Waals surface area contributed by atoms with E-state index in [4.69, 9.17) is 10.5 Å². The molecule has 0 fully saturated rings. The lowest BCUT2D eigenvalue weighted by Gasteiger charge is -2.26. The van der Waals surface area contributed by atoms with Crippen LogP contribution in [0.25, 0.3) is 0 Å². The van der Waals surface area contributed by atoms with Crippen LogP contribution < -0.4 is 10.5 Å². The largest absolute Gasteiger partial charge is 0.494 e. The highest BCUT2D eigenvalue weighted by Gasteiger charge is 2.22. The zero-order valence-electron chi connectivity index (χ0n) is 17.5. The first-order chi connectivity index (χ1) is 12.4. The summed E-state index contributed by atoms with van der Waals surface area (Å²) in [5, 5.41) is 9.52. The monoisotopic (exact) mass is 363 g/mol. The number of hydrogen-bond acceptors (Lipinski definition) is 3. The minimum atomic E-state index is -0.449. The summed E-state index contributed by atoms with van der Waals surface area (Å²) >= 11 is 0. The van der Waals surface area contributed by atoms with E-state index in [9.17, 15) is 5.11 Å². The van der Waals surface area contributed by atoms with Crippen LogP contribution in [0.4, 0.5) is 0 Å². The van der Waals surface area contributed by atoms with Gasteiger partial charge < -0.3 is 15.6 Å². The Bertz CT molecular complexity index is 472. The van der Waals surface area contributed by atoms with E-state index in [2.05, 4.69) is 52.0 Å². The molecule has 1 aromatic rings. The lowest BCUT2D eigenvalue weighted by molar-refractivity contribution is 0.177. The van der Waals surface area contributed by atoms with Gasteiger partial charge in [-0.2, -0.15) is 0 Å². The Kier molecular flexibility index (Phi) is 10.9. The third-order valence-corrected chi connectivity index (χ3v) is 5.26. The van der Waals surface area contributed by atoms with Crippen molar-refractivity contribution in [3.8, 4) is 5.75 Å². The first-order valence-electron chi connectivity index (χ1n) is 10.5. The first-order valence-corrected chi connectivity index (χ1v) is 10.5. The molecule has 0 radical (unpaired) electrons. The van der Waals surface area contributed by atoms with Crippen molar-refractivity contribution >= 4 is 0 Å². The van der Waals surface area contributed by atoms with Gasteiger partial charge in [-0.15, -0.1) is 0 Å². The van der Waals surface area contributed by atoms with Crippen molar-refractivity contribution in [1.29, 1.82) is 0 Å². The Hall–Kier alpha value is -1.06. The molecule has 0 bridgehead atoms. The second kappa shape index (κ2) is 12.3. The molecule has 150 valence electrons. The van der Waals surface area contributed by atoms with E-state index in [-0.39, 0.29) is 6.61 Å². The smallest absolute Gasteiger partial charge is 0.119 e. The van der Waals surface area contributed by atoms with Crippen LogP contribution in [0.15, 0.2) is 24.3 Å². The van der Waals surface area contributed by atoms with E-state index in [1.165, 1.54) is 24.8 Å². The molecular weight excluding hydrogens is 322 g/mol. The van der Waals surface area contributed by atoms with Crippen molar-refractivity contribution in [3.63, 3.8) is 0 Å². The van der Waals surface area contributed by atoms with Gasteiger partial charge in [-0.05, 0) is 55.2 Å². The highest BCUT2D eigenvalue weighted by Crippen LogP contribution is 2.20. The fraction of sp³-hybridized carbons (Fsp3) is 0.739. The van der Waals surface area contributed by atoms with Crippen LogP contribution in [0, 0.1) is 11.8 Å². The van der Waals surface area contributed by atoms with Crippen molar-refractivity contribution in [3.05, 3.63) is 29.8 Å². The van der Waals surface area contributed by atoms with Crippen molar-refractivity contribution < 1.29 is 9.84 Å². The summed E-state index contributed by atoms with van der Waals surface area (Å²) in [5.74, 6) is 2.47. The third-order valence-electron chi connectivity index (χ3n) is 5.26. The maximum atomic E-state index is 9.52. The summed E-state index contributed by atoms with van der Waals surface area (Å²) in [5.41, 5.74) is 7.06. The van der Waals surface area contributed by atoms with E-state index in [1.807, 2.05) is 0 Å². The van der Waals surface area contributed by atoms with Crippen molar-refractivity contribution in [2.24, 2.45) is 17.6 Å². The molecule has 3 N–H and O–H groups in total. The van der Waals surface area contributed by atoms with Crippen LogP contribution >= 0.6 is 0 Å². The highest BCUT2D eigenvalue weighted by molar-refractivity contribution is 5.27. The number of aliphatic hydroxyl groups is 1. The summed E-state index contributed by atoms with van der Waals surface area (Å²) in [6.07, 6.45) is 8.62. The minimum Gasteiger partial charge on any atom is -0.494 e. The number of hydrogen-bond donors (Lipinski definition) is 2. The summed E-state index contributed by atoms with van der Waals surface area (Å²) < 4.78 is 5.90. The molecule has 2 atom stereocenters. The second-order valence-corrected chi connectivity index (χ2v) is 8.48. The number of nitrogens with two attached hydrogens (primary N) is 1. The normalized spacial score (nSPS) is 15.0. The Balaban J connectivity index is 2.30. The fourth-order valence-electron chi connectivity index (χ4n) is 3.32. The molecule has 0 heterocycles. The Labute approximate surface area is 161 Å². The maximum Gasteiger partial charge on any atom is 0.119 e. The molecule has 3 heteroatoms. The quantitative estimate of drug-likeness (QED) is 0.469. The van der Waals surface area contributed by atoms with E-state index >= 15 is 0 Å². The van der Waals surface area contributed by atoms with Gasteiger partial charge in [-0.3, -0.25) is 0 Å². The molecule has 1 rings (SSSR count). The molecule has 0 aliphatic heterocycles. The van der Waals surface area contributed by atoms with Crippen LogP contribution in [0.2, 0.25) is 0 Å². The molecule has 0 aliphatic carbocycles. The van der Waals surface area contributed by atoms with Gasteiger partial charge in [-0.1, -0.05) is 65.5 Å². The van der Waals surface area contributed by atoms with Crippen LogP contribution in [-0.4, -0.2) is 23.9 Å². The van der Waals surface area contributed by atoms with Gasteiger partial charge in [0.15, 0.2) is 0 Å². The van der Waals surface area contributed by atoms with Gasteiger partial charge in [0.1, 0.15) is 5.75 Å². The molecule has 0 aromatic heterocycles. The minimum absolute atomic E-state index is 0.0530.